The van der Waals surface area contributed by atoms with Gasteiger partial charge >= 0.3 is 0 Å². The van der Waals surface area contributed by atoms with Crippen LogP contribution in [0.4, 0.5) is 0 Å². The Hall–Kier alpha value is -1.36. The van der Waals surface area contributed by atoms with Gasteiger partial charge in [0.2, 0.25) is 6.29 Å². The van der Waals surface area contributed by atoms with Crippen molar-refractivity contribution in [1.82, 2.24) is 4.98 Å². The van der Waals surface area contributed by atoms with Gasteiger partial charge in [0.15, 0.2) is 0 Å². The summed E-state index contributed by atoms with van der Waals surface area (Å²) in [5.41, 5.74) is 2.21. The zero-order valence-electron chi connectivity index (χ0n) is 11.1. The predicted molar refractivity (Wildman–Crippen MR) is 72.0 cm³/mol. The van der Waals surface area contributed by atoms with E-state index in [1.807, 2.05) is 45.5 Å². The molecule has 4 heteroatoms. The summed E-state index contributed by atoms with van der Waals surface area (Å²) < 4.78 is 0.511. The number of para-hydroxylation sites is 1. The van der Waals surface area contributed by atoms with Crippen molar-refractivity contribution in [2.24, 2.45) is 0 Å². The zero-order valence-corrected chi connectivity index (χ0v) is 11.1. The first-order valence-electron chi connectivity index (χ1n) is 6.12. The molecular formula is C14H21N2O2+. The molecule has 0 spiro atoms. The van der Waals surface area contributed by atoms with E-state index in [0.717, 1.165) is 16.5 Å². The van der Waals surface area contributed by atoms with Crippen LogP contribution in [0.3, 0.4) is 0 Å². The summed E-state index contributed by atoms with van der Waals surface area (Å²) in [6.45, 7) is 0. The van der Waals surface area contributed by atoms with Crippen LogP contribution in [-0.4, -0.2) is 53.2 Å². The van der Waals surface area contributed by atoms with Crippen LogP contribution >= 0.6 is 0 Å². The third-order valence-corrected chi connectivity index (χ3v) is 3.44. The lowest BCUT2D eigenvalue weighted by molar-refractivity contribution is -0.903. The van der Waals surface area contributed by atoms with Crippen LogP contribution in [0.5, 0.6) is 0 Å². The number of likely N-dealkylation sites (N-methyl/N-ethyl adjacent to an activating group) is 1. The highest BCUT2D eigenvalue weighted by Gasteiger charge is 2.31. The van der Waals surface area contributed by atoms with Crippen LogP contribution in [0.15, 0.2) is 30.5 Å². The SMILES string of the molecule is C[N+](C)(C)C(Cc1c[nH]c2ccccc12)C(O)O. The van der Waals surface area contributed by atoms with Gasteiger partial charge in [0.25, 0.3) is 0 Å². The highest BCUT2D eigenvalue weighted by Crippen LogP contribution is 2.22. The van der Waals surface area contributed by atoms with Crippen molar-refractivity contribution in [2.45, 2.75) is 18.8 Å². The molecule has 18 heavy (non-hydrogen) atoms. The predicted octanol–water partition coefficient (Wildman–Crippen LogP) is 1.10. The van der Waals surface area contributed by atoms with Gasteiger partial charge in [0.05, 0.1) is 21.1 Å². The van der Waals surface area contributed by atoms with Crippen LogP contribution in [0, 0.1) is 0 Å². The molecule has 0 aliphatic carbocycles. The Balaban J connectivity index is 2.32. The van der Waals surface area contributed by atoms with Gasteiger partial charge in [0, 0.05) is 23.5 Å². The Morgan fingerprint density at radius 1 is 1.17 bits per heavy atom. The number of benzene rings is 1. The molecule has 0 aliphatic heterocycles. The topological polar surface area (TPSA) is 56.2 Å². The first-order valence-corrected chi connectivity index (χ1v) is 6.12. The third-order valence-electron chi connectivity index (χ3n) is 3.44. The Bertz CT molecular complexity index is 526. The van der Waals surface area contributed by atoms with Gasteiger partial charge < -0.3 is 19.7 Å². The molecular weight excluding hydrogens is 228 g/mol. The molecule has 1 unspecified atom stereocenters. The molecule has 1 atom stereocenters. The van der Waals surface area contributed by atoms with Crippen molar-refractivity contribution < 1.29 is 14.7 Å². The first-order chi connectivity index (χ1) is 8.39. The van der Waals surface area contributed by atoms with Crippen LogP contribution in [0.1, 0.15) is 5.56 Å². The minimum absolute atomic E-state index is 0.246. The Kier molecular flexibility index (Phi) is 3.43. The van der Waals surface area contributed by atoms with Crippen molar-refractivity contribution in [3.05, 3.63) is 36.0 Å². The standard InChI is InChI=1S/C14H21N2O2/c1-16(2,3)13(14(17)18)8-10-9-15-12-7-5-4-6-11(10)12/h4-7,9,13-15,17-18H,8H2,1-3H3/q+1. The van der Waals surface area contributed by atoms with Gasteiger partial charge in [-0.05, 0) is 11.6 Å². The number of quaternary nitrogens is 1. The highest BCUT2D eigenvalue weighted by molar-refractivity contribution is 5.83. The van der Waals surface area contributed by atoms with Gasteiger partial charge in [-0.3, -0.25) is 0 Å². The molecule has 2 aromatic rings. The molecule has 0 radical (unpaired) electrons. The van der Waals surface area contributed by atoms with Crippen molar-refractivity contribution in [3.8, 4) is 0 Å². The fourth-order valence-corrected chi connectivity index (χ4v) is 2.31. The monoisotopic (exact) mass is 249 g/mol. The minimum Gasteiger partial charge on any atom is -0.363 e. The molecule has 98 valence electrons. The van der Waals surface area contributed by atoms with E-state index in [-0.39, 0.29) is 6.04 Å². The highest BCUT2D eigenvalue weighted by atomic mass is 16.5. The second kappa shape index (κ2) is 4.72. The summed E-state index contributed by atoms with van der Waals surface area (Å²) >= 11 is 0. The lowest BCUT2D eigenvalue weighted by Crippen LogP contribution is -2.52. The number of hydrogen-bond donors (Lipinski definition) is 3. The molecule has 2 rings (SSSR count). The van der Waals surface area contributed by atoms with Crippen molar-refractivity contribution in [3.63, 3.8) is 0 Å². The summed E-state index contributed by atoms with van der Waals surface area (Å²) in [4.78, 5) is 3.21. The van der Waals surface area contributed by atoms with Crippen LogP contribution in [0.2, 0.25) is 0 Å². The number of aromatic nitrogens is 1. The average Bonchev–Trinajstić information content (AvgIpc) is 2.67. The molecule has 1 aromatic carbocycles. The van der Waals surface area contributed by atoms with E-state index in [0.29, 0.717) is 10.9 Å². The van der Waals surface area contributed by atoms with E-state index in [1.165, 1.54) is 0 Å². The van der Waals surface area contributed by atoms with E-state index in [9.17, 15) is 10.2 Å². The lowest BCUT2D eigenvalue weighted by Gasteiger charge is -2.35. The molecule has 0 aliphatic rings. The smallest absolute Gasteiger partial charge is 0.205 e. The Labute approximate surface area is 107 Å². The van der Waals surface area contributed by atoms with Gasteiger partial charge in [-0.15, -0.1) is 0 Å². The molecule has 0 amide bonds. The van der Waals surface area contributed by atoms with Gasteiger partial charge in [0.1, 0.15) is 6.04 Å². The van der Waals surface area contributed by atoms with Crippen LogP contribution in [-0.2, 0) is 6.42 Å². The molecule has 0 fully saturated rings. The maximum atomic E-state index is 9.55. The maximum absolute atomic E-state index is 9.55. The fourth-order valence-electron chi connectivity index (χ4n) is 2.31. The minimum atomic E-state index is -1.32. The number of nitrogens with zero attached hydrogens (tertiary/aromatic N) is 1. The second-order valence-electron chi connectivity index (χ2n) is 5.66. The Morgan fingerprint density at radius 2 is 1.83 bits per heavy atom. The normalized spacial score (nSPS) is 14.3. The van der Waals surface area contributed by atoms with E-state index < -0.39 is 6.29 Å². The van der Waals surface area contributed by atoms with Crippen LogP contribution < -0.4 is 0 Å². The van der Waals surface area contributed by atoms with Gasteiger partial charge in [-0.1, -0.05) is 18.2 Å². The number of hydrogen-bond acceptors (Lipinski definition) is 2. The van der Waals surface area contributed by atoms with Crippen molar-refractivity contribution >= 4 is 10.9 Å². The van der Waals surface area contributed by atoms with Gasteiger partial charge in [-0.25, -0.2) is 0 Å². The van der Waals surface area contributed by atoms with Crippen molar-refractivity contribution in [1.29, 1.82) is 0 Å². The molecule has 3 N–H and O–H groups in total. The molecule has 4 nitrogen and oxygen atoms in total. The number of H-pyrrole nitrogens is 1. The maximum Gasteiger partial charge on any atom is 0.205 e. The summed E-state index contributed by atoms with van der Waals surface area (Å²) in [6, 6.07) is 7.81. The summed E-state index contributed by atoms with van der Waals surface area (Å²) in [5, 5.41) is 20.2. The molecule has 0 bridgehead atoms. The van der Waals surface area contributed by atoms with E-state index in [1.54, 1.807) is 0 Å². The zero-order chi connectivity index (χ0) is 13.3. The molecule has 0 saturated heterocycles. The molecule has 0 saturated carbocycles. The number of rotatable bonds is 4. The average molecular weight is 249 g/mol. The first kappa shape index (κ1) is 13.1. The van der Waals surface area contributed by atoms with E-state index in [2.05, 4.69) is 11.1 Å². The lowest BCUT2D eigenvalue weighted by atomic mass is 10.0. The number of aliphatic hydroxyl groups excluding tert-OH is 1. The number of aromatic amines is 1. The largest absolute Gasteiger partial charge is 0.363 e. The summed E-state index contributed by atoms with van der Waals surface area (Å²) in [6.07, 6.45) is 1.26. The van der Waals surface area contributed by atoms with E-state index in [4.69, 9.17) is 0 Å². The van der Waals surface area contributed by atoms with Crippen LogP contribution in [0.25, 0.3) is 10.9 Å². The quantitative estimate of drug-likeness (QED) is 0.561. The van der Waals surface area contributed by atoms with E-state index >= 15 is 0 Å². The fraction of sp³-hybridized carbons (Fsp3) is 0.429. The summed E-state index contributed by atoms with van der Waals surface area (Å²) in [5.74, 6) is 0. The number of fused-ring (bicyclic) bond motifs is 1. The van der Waals surface area contributed by atoms with Crippen molar-refractivity contribution in [2.75, 3.05) is 21.1 Å². The van der Waals surface area contributed by atoms with Gasteiger partial charge in [-0.2, -0.15) is 0 Å². The Morgan fingerprint density at radius 3 is 2.44 bits per heavy atom. The third kappa shape index (κ3) is 2.56. The molecule has 1 aromatic heterocycles. The summed E-state index contributed by atoms with van der Waals surface area (Å²) in [7, 11) is 5.91. The second-order valence-corrected chi connectivity index (χ2v) is 5.66. The number of aliphatic hydroxyl groups is 2. The molecule has 1 heterocycles. The number of nitrogens with one attached hydrogen (secondary N) is 1.